The third-order valence-corrected chi connectivity index (χ3v) is 4.14. The first-order valence-electron chi connectivity index (χ1n) is 6.60. The smallest absolute Gasteiger partial charge is 0.191 e. The van der Waals surface area contributed by atoms with Gasteiger partial charge in [-0.25, -0.2) is 8.78 Å². The van der Waals surface area contributed by atoms with Crippen LogP contribution in [0.4, 0.5) is 8.78 Å². The molecule has 21 heavy (non-hydrogen) atoms. The van der Waals surface area contributed by atoms with E-state index in [1.165, 1.54) is 17.8 Å². The molecule has 0 aliphatic heterocycles. The molecule has 1 atom stereocenters. The summed E-state index contributed by atoms with van der Waals surface area (Å²) >= 11 is 1.35. The lowest BCUT2D eigenvalue weighted by molar-refractivity contribution is 0.189. The van der Waals surface area contributed by atoms with Crippen molar-refractivity contribution < 1.29 is 13.5 Å². The molecule has 0 spiro atoms. The number of ether oxygens (including phenoxy) is 1. The first-order valence-corrected chi connectivity index (χ1v) is 7.48. The Morgan fingerprint density at radius 1 is 1.38 bits per heavy atom. The number of hydrogen-bond donors (Lipinski definition) is 0. The minimum atomic E-state index is -0.444. The van der Waals surface area contributed by atoms with Crippen LogP contribution in [0.2, 0.25) is 0 Å². The molecule has 0 aliphatic carbocycles. The normalized spacial score (nSPS) is 12.6. The molecule has 2 aromatic rings. The number of aryl methyl sites for hydroxylation is 1. The van der Waals surface area contributed by atoms with E-state index in [2.05, 4.69) is 10.2 Å². The van der Waals surface area contributed by atoms with Gasteiger partial charge in [-0.05, 0) is 31.5 Å². The molecule has 2 rings (SSSR count). The summed E-state index contributed by atoms with van der Waals surface area (Å²) in [6.07, 6.45) is 2.47. The summed E-state index contributed by atoms with van der Waals surface area (Å²) in [4.78, 5) is 0. The Bertz CT molecular complexity index is 591. The van der Waals surface area contributed by atoms with Gasteiger partial charge in [0.25, 0.3) is 0 Å². The van der Waals surface area contributed by atoms with Crippen molar-refractivity contribution in [1.29, 1.82) is 0 Å². The van der Waals surface area contributed by atoms with Gasteiger partial charge in [-0.15, -0.1) is 10.2 Å². The molecule has 0 fully saturated rings. The summed E-state index contributed by atoms with van der Waals surface area (Å²) in [6.45, 7) is 3.19. The molecule has 0 aliphatic rings. The number of rotatable bonds is 7. The average molecular weight is 313 g/mol. The zero-order chi connectivity index (χ0) is 15.2. The van der Waals surface area contributed by atoms with Crippen LogP contribution >= 0.6 is 11.8 Å². The number of methoxy groups -OCH3 is 1. The average Bonchev–Trinajstić information content (AvgIpc) is 2.89. The monoisotopic (exact) mass is 313 g/mol. The second-order valence-corrected chi connectivity index (χ2v) is 5.89. The summed E-state index contributed by atoms with van der Waals surface area (Å²) in [5, 5.41) is 8.33. The first kappa shape index (κ1) is 15.9. The topological polar surface area (TPSA) is 39.9 Å². The zero-order valence-electron chi connectivity index (χ0n) is 11.9. The van der Waals surface area contributed by atoms with Crippen LogP contribution in [0.25, 0.3) is 0 Å². The molecule has 1 aromatic heterocycles. The van der Waals surface area contributed by atoms with E-state index in [1.807, 2.05) is 11.5 Å². The highest BCUT2D eigenvalue weighted by atomic mass is 32.2. The minimum Gasteiger partial charge on any atom is -0.385 e. The molecule has 0 saturated carbocycles. The molecule has 0 radical (unpaired) electrons. The molecule has 1 unspecified atom stereocenters. The van der Waals surface area contributed by atoms with Gasteiger partial charge in [0, 0.05) is 31.1 Å². The zero-order valence-corrected chi connectivity index (χ0v) is 12.7. The molecule has 0 N–H and O–H groups in total. The van der Waals surface area contributed by atoms with Crippen LogP contribution in [-0.4, -0.2) is 28.5 Å². The number of nitrogens with zero attached hydrogens (tertiary/aromatic N) is 3. The maximum Gasteiger partial charge on any atom is 0.191 e. The van der Waals surface area contributed by atoms with Crippen molar-refractivity contribution in [3.63, 3.8) is 0 Å². The van der Waals surface area contributed by atoms with Gasteiger partial charge in [-0.2, -0.15) is 0 Å². The fourth-order valence-electron chi connectivity index (χ4n) is 1.92. The van der Waals surface area contributed by atoms with Crippen molar-refractivity contribution in [2.24, 2.45) is 0 Å². The summed E-state index contributed by atoms with van der Waals surface area (Å²) in [5.41, 5.74) is 0.325. The van der Waals surface area contributed by atoms with Crippen LogP contribution in [0.15, 0.2) is 29.7 Å². The van der Waals surface area contributed by atoms with Gasteiger partial charge in [-0.1, -0.05) is 11.8 Å². The Morgan fingerprint density at radius 2 is 2.19 bits per heavy atom. The van der Waals surface area contributed by atoms with Crippen LogP contribution in [-0.2, 0) is 11.3 Å². The first-order chi connectivity index (χ1) is 10.1. The van der Waals surface area contributed by atoms with Gasteiger partial charge < -0.3 is 9.30 Å². The molecular formula is C14H17F2N3OS. The van der Waals surface area contributed by atoms with E-state index >= 15 is 0 Å². The molecule has 0 amide bonds. The Morgan fingerprint density at radius 3 is 2.95 bits per heavy atom. The molecular weight excluding hydrogens is 296 g/mol. The number of halogens is 2. The van der Waals surface area contributed by atoms with Crippen LogP contribution in [0.3, 0.4) is 0 Å². The fourth-order valence-corrected chi connectivity index (χ4v) is 2.91. The van der Waals surface area contributed by atoms with Gasteiger partial charge in [0.15, 0.2) is 5.16 Å². The van der Waals surface area contributed by atoms with Crippen LogP contribution in [0.1, 0.15) is 24.2 Å². The largest absolute Gasteiger partial charge is 0.385 e. The van der Waals surface area contributed by atoms with E-state index in [9.17, 15) is 8.78 Å². The standard InChI is InChI=1S/C14H17F2N3OS/c1-10(12-8-11(15)4-5-13(12)16)21-14-18-17-9-19(14)6-3-7-20-2/h4-5,8-10H,3,6-7H2,1-2H3. The second-order valence-electron chi connectivity index (χ2n) is 4.58. The summed E-state index contributed by atoms with van der Waals surface area (Å²) in [7, 11) is 1.65. The van der Waals surface area contributed by atoms with E-state index in [0.29, 0.717) is 17.3 Å². The molecule has 114 valence electrons. The van der Waals surface area contributed by atoms with Crippen molar-refractivity contribution in [1.82, 2.24) is 14.8 Å². The number of aromatic nitrogens is 3. The minimum absolute atomic E-state index is 0.258. The fraction of sp³-hybridized carbons (Fsp3) is 0.429. The highest BCUT2D eigenvalue weighted by Gasteiger charge is 2.16. The van der Waals surface area contributed by atoms with Crippen LogP contribution in [0.5, 0.6) is 0 Å². The third kappa shape index (κ3) is 4.25. The molecule has 4 nitrogen and oxygen atoms in total. The van der Waals surface area contributed by atoms with Gasteiger partial charge in [0.05, 0.1) is 0 Å². The summed E-state index contributed by atoms with van der Waals surface area (Å²) < 4.78 is 33.9. The number of thioether (sulfide) groups is 1. The van der Waals surface area contributed by atoms with Gasteiger partial charge in [-0.3, -0.25) is 0 Å². The predicted octanol–water partition coefficient (Wildman–Crippen LogP) is 3.45. The molecule has 1 heterocycles. The molecule has 1 aromatic carbocycles. The Balaban J connectivity index is 2.07. The van der Waals surface area contributed by atoms with Gasteiger partial charge in [0.1, 0.15) is 18.0 Å². The molecule has 7 heteroatoms. The number of hydrogen-bond acceptors (Lipinski definition) is 4. The van der Waals surface area contributed by atoms with Crippen molar-refractivity contribution in [3.8, 4) is 0 Å². The Labute approximate surface area is 126 Å². The highest BCUT2D eigenvalue weighted by Crippen LogP contribution is 2.35. The van der Waals surface area contributed by atoms with Crippen LogP contribution in [0, 0.1) is 11.6 Å². The summed E-state index contributed by atoms with van der Waals surface area (Å²) in [5.74, 6) is -0.859. The van der Waals surface area contributed by atoms with E-state index < -0.39 is 11.6 Å². The second kappa shape index (κ2) is 7.51. The Kier molecular flexibility index (Phi) is 5.69. The maximum absolute atomic E-state index is 13.8. The van der Waals surface area contributed by atoms with Gasteiger partial charge in [0.2, 0.25) is 0 Å². The Hall–Kier alpha value is -1.47. The van der Waals surface area contributed by atoms with Gasteiger partial charge >= 0.3 is 0 Å². The van der Waals surface area contributed by atoms with E-state index in [-0.39, 0.29) is 5.25 Å². The van der Waals surface area contributed by atoms with Crippen molar-refractivity contribution in [2.45, 2.75) is 30.3 Å². The highest BCUT2D eigenvalue weighted by molar-refractivity contribution is 7.99. The predicted molar refractivity (Wildman–Crippen MR) is 77.1 cm³/mol. The molecule has 0 bridgehead atoms. The van der Waals surface area contributed by atoms with Crippen molar-refractivity contribution in [3.05, 3.63) is 41.7 Å². The molecule has 0 saturated heterocycles. The maximum atomic E-state index is 13.8. The van der Waals surface area contributed by atoms with Crippen molar-refractivity contribution >= 4 is 11.8 Å². The lowest BCUT2D eigenvalue weighted by atomic mass is 10.1. The number of benzene rings is 1. The SMILES string of the molecule is COCCCn1cnnc1SC(C)c1cc(F)ccc1F. The van der Waals surface area contributed by atoms with E-state index in [0.717, 1.165) is 25.1 Å². The quantitative estimate of drug-likeness (QED) is 0.580. The van der Waals surface area contributed by atoms with E-state index in [1.54, 1.807) is 13.4 Å². The van der Waals surface area contributed by atoms with Crippen molar-refractivity contribution in [2.75, 3.05) is 13.7 Å². The summed E-state index contributed by atoms with van der Waals surface area (Å²) in [6, 6.07) is 3.48. The lowest BCUT2D eigenvalue weighted by Gasteiger charge is -2.13. The lowest BCUT2D eigenvalue weighted by Crippen LogP contribution is -2.03. The third-order valence-electron chi connectivity index (χ3n) is 3.01. The van der Waals surface area contributed by atoms with E-state index in [4.69, 9.17) is 4.74 Å². The van der Waals surface area contributed by atoms with Crippen LogP contribution < -0.4 is 0 Å².